The Kier molecular flexibility index (Phi) is 5.37. The number of ether oxygens (including phenoxy) is 1. The van der Waals surface area contributed by atoms with Gasteiger partial charge in [-0.05, 0) is 92.3 Å². The molecular formula is C26H40N2O3. The molecule has 0 saturated heterocycles. The number of carbonyl (C=O) groups is 1. The van der Waals surface area contributed by atoms with E-state index >= 15 is 0 Å². The molecule has 2 N–H and O–H groups in total. The van der Waals surface area contributed by atoms with Gasteiger partial charge < -0.3 is 14.8 Å². The molecule has 0 amide bonds. The smallest absolute Gasteiger partial charge is 0.144 e. The molecular weight excluding hydrogens is 388 g/mol. The van der Waals surface area contributed by atoms with E-state index in [2.05, 4.69) is 23.8 Å². The Morgan fingerprint density at radius 2 is 1.94 bits per heavy atom. The van der Waals surface area contributed by atoms with Crippen LogP contribution in [0.5, 0.6) is 0 Å². The molecule has 4 fully saturated rings. The molecule has 5 rings (SSSR count). The lowest BCUT2D eigenvalue weighted by molar-refractivity contribution is -0.164. The fourth-order valence-corrected chi connectivity index (χ4v) is 8.93. The summed E-state index contributed by atoms with van der Waals surface area (Å²) in [5.41, 5.74) is -0.147. The third-order valence-electron chi connectivity index (χ3n) is 10.5. The zero-order chi connectivity index (χ0) is 21.9. The van der Waals surface area contributed by atoms with Crippen molar-refractivity contribution in [1.29, 1.82) is 0 Å². The summed E-state index contributed by atoms with van der Waals surface area (Å²) in [6.07, 6.45) is 14.1. The Labute approximate surface area is 186 Å². The monoisotopic (exact) mass is 428 g/mol. The molecule has 172 valence electrons. The van der Waals surface area contributed by atoms with E-state index in [0.717, 1.165) is 43.3 Å². The summed E-state index contributed by atoms with van der Waals surface area (Å²) >= 11 is 0. The van der Waals surface area contributed by atoms with Gasteiger partial charge in [-0.2, -0.15) is 0 Å². The quantitative estimate of drug-likeness (QED) is 0.721. The maximum Gasteiger partial charge on any atom is 0.144 e. The predicted molar refractivity (Wildman–Crippen MR) is 119 cm³/mol. The number of aromatic amines is 1. The highest BCUT2D eigenvalue weighted by molar-refractivity contribution is 5.83. The van der Waals surface area contributed by atoms with Crippen molar-refractivity contribution in [2.24, 2.45) is 40.4 Å². The third-order valence-corrected chi connectivity index (χ3v) is 10.5. The zero-order valence-corrected chi connectivity index (χ0v) is 19.5. The van der Waals surface area contributed by atoms with Crippen molar-refractivity contribution in [2.75, 3.05) is 13.7 Å². The molecule has 0 spiro atoms. The maximum atomic E-state index is 13.3. The number of H-pyrrole nitrogens is 1. The fraction of sp³-hybridized carbons (Fsp3) is 0.846. The van der Waals surface area contributed by atoms with Crippen molar-refractivity contribution in [3.05, 3.63) is 18.2 Å². The molecule has 1 aromatic rings. The normalized spacial score (nSPS) is 46.8. The van der Waals surface area contributed by atoms with E-state index < -0.39 is 5.60 Å². The Hall–Kier alpha value is -1.20. The number of Topliss-reactive ketones (excluding diaryl/α,β-unsaturated/α-hetero) is 1. The van der Waals surface area contributed by atoms with E-state index in [0.29, 0.717) is 36.1 Å². The molecule has 5 heteroatoms. The number of hydrogen-bond donors (Lipinski definition) is 2. The van der Waals surface area contributed by atoms with Gasteiger partial charge in [-0.1, -0.05) is 13.8 Å². The lowest BCUT2D eigenvalue weighted by Crippen LogP contribution is -2.56. The van der Waals surface area contributed by atoms with Crippen LogP contribution in [0.4, 0.5) is 0 Å². The predicted octanol–water partition coefficient (Wildman–Crippen LogP) is 4.56. The molecule has 1 heterocycles. The first kappa shape index (κ1) is 21.6. The summed E-state index contributed by atoms with van der Waals surface area (Å²) in [6.45, 7) is 5.42. The number of ketones is 1. The van der Waals surface area contributed by atoms with Crippen LogP contribution in [-0.4, -0.2) is 40.2 Å². The highest BCUT2D eigenvalue weighted by atomic mass is 16.5. The molecule has 31 heavy (non-hydrogen) atoms. The van der Waals surface area contributed by atoms with E-state index in [1.54, 1.807) is 13.3 Å². The number of nitrogens with zero attached hydrogens (tertiary/aromatic N) is 1. The molecule has 1 aromatic heterocycles. The number of hydrogen-bond acceptors (Lipinski definition) is 4. The van der Waals surface area contributed by atoms with Crippen LogP contribution in [-0.2, 0) is 16.0 Å². The second-order valence-corrected chi connectivity index (χ2v) is 11.9. The van der Waals surface area contributed by atoms with Gasteiger partial charge in [0, 0.05) is 25.4 Å². The minimum absolute atomic E-state index is 0.152. The van der Waals surface area contributed by atoms with Crippen LogP contribution >= 0.6 is 0 Å². The van der Waals surface area contributed by atoms with Crippen molar-refractivity contribution >= 4 is 5.78 Å². The largest absolute Gasteiger partial charge is 0.387 e. The average molecular weight is 429 g/mol. The lowest BCUT2D eigenvalue weighted by atomic mass is 9.44. The van der Waals surface area contributed by atoms with Gasteiger partial charge in [0.25, 0.3) is 0 Å². The van der Waals surface area contributed by atoms with Crippen molar-refractivity contribution in [1.82, 2.24) is 9.97 Å². The van der Waals surface area contributed by atoms with Crippen LogP contribution in [0.15, 0.2) is 12.4 Å². The molecule has 0 aliphatic heterocycles. The third kappa shape index (κ3) is 3.42. The second-order valence-electron chi connectivity index (χ2n) is 11.9. The molecule has 4 aliphatic rings. The van der Waals surface area contributed by atoms with Crippen LogP contribution < -0.4 is 0 Å². The standard InChI is InChI=1S/C26H40N2O3/c1-24-10-11-26(30,16-31-3)15-17(24)4-5-18-19-6-7-21(25(19,2)9-8-20(18)24)22(29)14-23-27-12-13-28-23/h12-13,17-21,30H,4-11,14-16H2,1-3H3,(H,27,28)/t17?,18-,19-,20-,21+,24-,25-,26?/m0/s1. The Morgan fingerprint density at radius 3 is 2.68 bits per heavy atom. The fourth-order valence-electron chi connectivity index (χ4n) is 8.93. The topological polar surface area (TPSA) is 75.2 Å². The van der Waals surface area contributed by atoms with Crippen molar-refractivity contribution in [3.8, 4) is 0 Å². The van der Waals surface area contributed by atoms with Crippen molar-refractivity contribution in [3.63, 3.8) is 0 Å². The average Bonchev–Trinajstić information content (AvgIpc) is 3.35. The highest BCUT2D eigenvalue weighted by Gasteiger charge is 2.62. The molecule has 8 atom stereocenters. The minimum Gasteiger partial charge on any atom is -0.387 e. The van der Waals surface area contributed by atoms with Gasteiger partial charge in [0.05, 0.1) is 18.6 Å². The molecule has 4 aliphatic carbocycles. The summed E-state index contributed by atoms with van der Waals surface area (Å²) in [7, 11) is 1.70. The number of imidazole rings is 1. The molecule has 5 nitrogen and oxygen atoms in total. The van der Waals surface area contributed by atoms with Crippen molar-refractivity contribution in [2.45, 2.75) is 83.7 Å². The summed E-state index contributed by atoms with van der Waals surface area (Å²) in [5.74, 6) is 4.15. The SMILES string of the molecule is COCC1(O)CC[C@@]2(C)C(CC[C@H]3[C@@H]4CC[C@H](C(=O)Cc5ncc[nH]5)[C@@]4(C)CC[C@@H]32)C1. The van der Waals surface area contributed by atoms with Crippen LogP contribution in [0, 0.1) is 40.4 Å². The van der Waals surface area contributed by atoms with Crippen LogP contribution in [0.1, 0.15) is 77.5 Å². The van der Waals surface area contributed by atoms with Gasteiger partial charge in [-0.3, -0.25) is 4.79 Å². The second kappa shape index (κ2) is 7.69. The van der Waals surface area contributed by atoms with E-state index in [1.807, 2.05) is 6.20 Å². The molecule has 4 saturated carbocycles. The van der Waals surface area contributed by atoms with Gasteiger partial charge in [-0.15, -0.1) is 0 Å². The summed E-state index contributed by atoms with van der Waals surface area (Å²) in [6, 6.07) is 0. The van der Waals surface area contributed by atoms with Gasteiger partial charge in [-0.25, -0.2) is 4.98 Å². The van der Waals surface area contributed by atoms with E-state index in [1.165, 1.54) is 32.1 Å². The number of aromatic nitrogens is 2. The minimum atomic E-state index is -0.633. The molecule has 0 bridgehead atoms. The van der Waals surface area contributed by atoms with Gasteiger partial charge >= 0.3 is 0 Å². The first-order valence-corrected chi connectivity index (χ1v) is 12.5. The lowest BCUT2D eigenvalue weighted by Gasteiger charge is -2.62. The number of nitrogens with one attached hydrogen (secondary N) is 1. The van der Waals surface area contributed by atoms with Crippen LogP contribution in [0.2, 0.25) is 0 Å². The van der Waals surface area contributed by atoms with Crippen molar-refractivity contribution < 1.29 is 14.6 Å². The summed E-state index contributed by atoms with van der Waals surface area (Å²) in [5, 5.41) is 11.0. The first-order chi connectivity index (χ1) is 14.8. The number of aliphatic hydroxyl groups is 1. The number of carbonyl (C=O) groups excluding carboxylic acids is 1. The maximum absolute atomic E-state index is 13.3. The van der Waals surface area contributed by atoms with E-state index in [4.69, 9.17) is 4.74 Å². The van der Waals surface area contributed by atoms with E-state index in [9.17, 15) is 9.90 Å². The number of fused-ring (bicyclic) bond motifs is 5. The Morgan fingerprint density at radius 1 is 1.13 bits per heavy atom. The molecule has 0 aromatic carbocycles. The summed E-state index contributed by atoms with van der Waals surface area (Å²) in [4.78, 5) is 20.7. The van der Waals surface area contributed by atoms with E-state index in [-0.39, 0.29) is 11.3 Å². The summed E-state index contributed by atoms with van der Waals surface area (Å²) < 4.78 is 5.36. The van der Waals surface area contributed by atoms with Crippen LogP contribution in [0.25, 0.3) is 0 Å². The molecule has 0 radical (unpaired) electrons. The first-order valence-electron chi connectivity index (χ1n) is 12.5. The number of rotatable bonds is 5. The zero-order valence-electron chi connectivity index (χ0n) is 19.5. The van der Waals surface area contributed by atoms with Gasteiger partial charge in [0.15, 0.2) is 0 Å². The number of methoxy groups -OCH3 is 1. The Bertz CT molecular complexity index is 810. The highest BCUT2D eigenvalue weighted by Crippen LogP contribution is 2.68. The van der Waals surface area contributed by atoms with Gasteiger partial charge in [0.1, 0.15) is 11.6 Å². The molecule has 2 unspecified atom stereocenters. The van der Waals surface area contributed by atoms with Gasteiger partial charge in [0.2, 0.25) is 0 Å². The van der Waals surface area contributed by atoms with Crippen LogP contribution in [0.3, 0.4) is 0 Å². The Balaban J connectivity index is 1.33.